The van der Waals surface area contributed by atoms with Crippen molar-refractivity contribution in [2.24, 2.45) is 0 Å². The fourth-order valence-corrected chi connectivity index (χ4v) is 2.16. The van der Waals surface area contributed by atoms with Crippen molar-refractivity contribution in [3.8, 4) is 0 Å². The second kappa shape index (κ2) is 6.29. The van der Waals surface area contributed by atoms with Crippen LogP contribution in [0.15, 0.2) is 22.7 Å². The van der Waals surface area contributed by atoms with Crippen molar-refractivity contribution in [3.05, 3.63) is 33.3 Å². The summed E-state index contributed by atoms with van der Waals surface area (Å²) in [5.74, 6) is 0.140. The number of rotatable bonds is 5. The molecule has 0 amide bonds. The van der Waals surface area contributed by atoms with Crippen LogP contribution >= 0.6 is 27.5 Å². The molecular formula is C12H14BrClO. The number of carbonyl (C=O) groups is 1. The first-order valence-electron chi connectivity index (χ1n) is 5.13. The van der Waals surface area contributed by atoms with Crippen LogP contribution in [0, 0.1) is 0 Å². The molecule has 15 heavy (non-hydrogen) atoms. The Hall–Kier alpha value is -0.340. The van der Waals surface area contributed by atoms with E-state index in [1.165, 1.54) is 0 Å². The summed E-state index contributed by atoms with van der Waals surface area (Å²) < 4.78 is 0.901. The van der Waals surface area contributed by atoms with E-state index in [0.29, 0.717) is 17.0 Å². The second-order valence-electron chi connectivity index (χ2n) is 3.50. The number of hydrogen-bond donors (Lipinski definition) is 0. The first kappa shape index (κ1) is 12.7. The predicted molar refractivity (Wildman–Crippen MR) is 67.6 cm³/mol. The lowest BCUT2D eigenvalue weighted by molar-refractivity contribution is 0.0979. The molecular weight excluding hydrogens is 275 g/mol. The molecule has 0 aliphatic heterocycles. The molecule has 1 nitrogen and oxygen atoms in total. The molecule has 0 heterocycles. The SMILES string of the molecule is CCCCCC(=O)c1ccc(Br)cc1Cl. The number of benzene rings is 1. The van der Waals surface area contributed by atoms with Gasteiger partial charge in [0, 0.05) is 16.5 Å². The van der Waals surface area contributed by atoms with Crippen LogP contribution in [0.4, 0.5) is 0 Å². The minimum Gasteiger partial charge on any atom is -0.294 e. The topological polar surface area (TPSA) is 17.1 Å². The maximum absolute atomic E-state index is 11.8. The van der Waals surface area contributed by atoms with Gasteiger partial charge in [-0.3, -0.25) is 4.79 Å². The maximum atomic E-state index is 11.8. The van der Waals surface area contributed by atoms with Gasteiger partial charge >= 0.3 is 0 Å². The Kier molecular flexibility index (Phi) is 5.34. The smallest absolute Gasteiger partial charge is 0.164 e. The van der Waals surface area contributed by atoms with Crippen molar-refractivity contribution in [1.82, 2.24) is 0 Å². The molecule has 0 aromatic heterocycles. The molecule has 0 saturated carbocycles. The van der Waals surface area contributed by atoms with Crippen molar-refractivity contribution in [3.63, 3.8) is 0 Å². The van der Waals surface area contributed by atoms with E-state index < -0.39 is 0 Å². The summed E-state index contributed by atoms with van der Waals surface area (Å²) in [6, 6.07) is 5.38. The van der Waals surface area contributed by atoms with Gasteiger partial charge in [-0.15, -0.1) is 0 Å². The van der Waals surface area contributed by atoms with E-state index in [-0.39, 0.29) is 5.78 Å². The summed E-state index contributed by atoms with van der Waals surface area (Å²) in [5, 5.41) is 0.533. The van der Waals surface area contributed by atoms with Crippen LogP contribution in [0.2, 0.25) is 5.02 Å². The lowest BCUT2D eigenvalue weighted by Gasteiger charge is -2.03. The lowest BCUT2D eigenvalue weighted by Crippen LogP contribution is -1.99. The summed E-state index contributed by atoms with van der Waals surface area (Å²) in [5.41, 5.74) is 0.635. The van der Waals surface area contributed by atoms with E-state index in [0.717, 1.165) is 23.7 Å². The summed E-state index contributed by atoms with van der Waals surface area (Å²) in [6.07, 6.45) is 3.76. The maximum Gasteiger partial charge on any atom is 0.164 e. The fraction of sp³-hybridized carbons (Fsp3) is 0.417. The van der Waals surface area contributed by atoms with Gasteiger partial charge in [-0.25, -0.2) is 0 Å². The number of ketones is 1. The Morgan fingerprint density at radius 2 is 2.13 bits per heavy atom. The molecule has 3 heteroatoms. The molecule has 0 atom stereocenters. The third-order valence-electron chi connectivity index (χ3n) is 2.24. The molecule has 0 N–H and O–H groups in total. The van der Waals surface area contributed by atoms with E-state index in [4.69, 9.17) is 11.6 Å². The standard InChI is InChI=1S/C12H14BrClO/c1-2-3-4-5-12(15)10-7-6-9(13)8-11(10)14/h6-8H,2-5H2,1H3. The third kappa shape index (κ3) is 3.96. The molecule has 82 valence electrons. The van der Waals surface area contributed by atoms with Crippen LogP contribution in [0.5, 0.6) is 0 Å². The van der Waals surface area contributed by atoms with Gasteiger partial charge in [0.2, 0.25) is 0 Å². The molecule has 1 aromatic rings. The molecule has 0 radical (unpaired) electrons. The van der Waals surface area contributed by atoms with Gasteiger partial charge in [0.1, 0.15) is 0 Å². The Morgan fingerprint density at radius 3 is 2.73 bits per heavy atom. The molecule has 0 aliphatic rings. The zero-order valence-electron chi connectivity index (χ0n) is 8.72. The van der Waals surface area contributed by atoms with Gasteiger partial charge < -0.3 is 0 Å². The normalized spacial score (nSPS) is 10.3. The Balaban J connectivity index is 2.65. The number of Topliss-reactive ketones (excluding diaryl/α,β-unsaturated/α-hetero) is 1. The van der Waals surface area contributed by atoms with Crippen LogP contribution in [-0.4, -0.2) is 5.78 Å². The first-order chi connectivity index (χ1) is 7.15. The van der Waals surface area contributed by atoms with E-state index in [2.05, 4.69) is 22.9 Å². The van der Waals surface area contributed by atoms with Gasteiger partial charge in [0.15, 0.2) is 5.78 Å². The highest BCUT2D eigenvalue weighted by molar-refractivity contribution is 9.10. The van der Waals surface area contributed by atoms with Crippen LogP contribution in [-0.2, 0) is 0 Å². The lowest BCUT2D eigenvalue weighted by atomic mass is 10.1. The van der Waals surface area contributed by atoms with Gasteiger partial charge in [-0.2, -0.15) is 0 Å². The summed E-state index contributed by atoms with van der Waals surface area (Å²) in [7, 11) is 0. The highest BCUT2D eigenvalue weighted by atomic mass is 79.9. The highest BCUT2D eigenvalue weighted by Crippen LogP contribution is 2.23. The molecule has 0 unspecified atom stereocenters. The first-order valence-corrected chi connectivity index (χ1v) is 6.30. The molecule has 0 fully saturated rings. The zero-order valence-corrected chi connectivity index (χ0v) is 11.1. The predicted octanol–water partition coefficient (Wildman–Crippen LogP) is 4.87. The Bertz CT molecular complexity index is 349. The Labute approximate surface area is 104 Å². The van der Waals surface area contributed by atoms with Crippen molar-refractivity contribution in [2.45, 2.75) is 32.6 Å². The average molecular weight is 290 g/mol. The van der Waals surface area contributed by atoms with E-state index in [1.807, 2.05) is 6.07 Å². The average Bonchev–Trinajstić information content (AvgIpc) is 2.17. The van der Waals surface area contributed by atoms with Gasteiger partial charge in [-0.1, -0.05) is 47.3 Å². The van der Waals surface area contributed by atoms with E-state index in [1.54, 1.807) is 12.1 Å². The largest absolute Gasteiger partial charge is 0.294 e. The second-order valence-corrected chi connectivity index (χ2v) is 4.83. The molecule has 0 aliphatic carbocycles. The summed E-state index contributed by atoms with van der Waals surface area (Å²) in [6.45, 7) is 2.12. The van der Waals surface area contributed by atoms with Crippen LogP contribution in [0.1, 0.15) is 43.0 Å². The molecule has 1 rings (SSSR count). The summed E-state index contributed by atoms with van der Waals surface area (Å²) >= 11 is 9.30. The van der Waals surface area contributed by atoms with Crippen LogP contribution in [0.3, 0.4) is 0 Å². The van der Waals surface area contributed by atoms with Gasteiger partial charge in [0.05, 0.1) is 5.02 Å². The van der Waals surface area contributed by atoms with Crippen molar-refractivity contribution >= 4 is 33.3 Å². The van der Waals surface area contributed by atoms with Crippen molar-refractivity contribution in [2.75, 3.05) is 0 Å². The number of unbranched alkanes of at least 4 members (excludes halogenated alkanes) is 2. The minimum atomic E-state index is 0.140. The number of carbonyl (C=O) groups excluding carboxylic acids is 1. The Morgan fingerprint density at radius 1 is 1.40 bits per heavy atom. The third-order valence-corrected chi connectivity index (χ3v) is 3.04. The number of halogens is 2. The molecule has 0 bridgehead atoms. The van der Waals surface area contributed by atoms with Crippen molar-refractivity contribution < 1.29 is 4.79 Å². The van der Waals surface area contributed by atoms with Crippen LogP contribution in [0.25, 0.3) is 0 Å². The molecule has 1 aromatic carbocycles. The van der Waals surface area contributed by atoms with Gasteiger partial charge in [-0.05, 0) is 24.6 Å². The monoisotopic (exact) mass is 288 g/mol. The minimum absolute atomic E-state index is 0.140. The molecule has 0 spiro atoms. The quantitative estimate of drug-likeness (QED) is 0.558. The zero-order chi connectivity index (χ0) is 11.3. The number of hydrogen-bond acceptors (Lipinski definition) is 1. The molecule has 0 saturated heterocycles. The summed E-state index contributed by atoms with van der Waals surface area (Å²) in [4.78, 5) is 11.8. The van der Waals surface area contributed by atoms with E-state index in [9.17, 15) is 4.79 Å². The van der Waals surface area contributed by atoms with Gasteiger partial charge in [0.25, 0.3) is 0 Å². The van der Waals surface area contributed by atoms with E-state index >= 15 is 0 Å². The van der Waals surface area contributed by atoms with Crippen molar-refractivity contribution in [1.29, 1.82) is 0 Å². The highest BCUT2D eigenvalue weighted by Gasteiger charge is 2.09. The van der Waals surface area contributed by atoms with Crippen LogP contribution < -0.4 is 0 Å². The fourth-order valence-electron chi connectivity index (χ4n) is 1.39.